The van der Waals surface area contributed by atoms with E-state index in [2.05, 4.69) is 0 Å². The van der Waals surface area contributed by atoms with Gasteiger partial charge in [0.25, 0.3) is 0 Å². The van der Waals surface area contributed by atoms with E-state index in [1.807, 2.05) is 19.1 Å². The minimum absolute atomic E-state index is 0.249. The van der Waals surface area contributed by atoms with Crippen molar-refractivity contribution >= 4 is 9.84 Å². The number of benzene rings is 1. The Morgan fingerprint density at radius 2 is 1.50 bits per heavy atom. The van der Waals surface area contributed by atoms with Gasteiger partial charge < -0.3 is 5.73 Å². The molecule has 4 heteroatoms. The van der Waals surface area contributed by atoms with E-state index in [0.29, 0.717) is 4.90 Å². The predicted molar refractivity (Wildman–Crippen MR) is 75.4 cm³/mol. The number of hydrogen-bond donors (Lipinski definition) is 1. The third-order valence-electron chi connectivity index (χ3n) is 3.00. The lowest BCUT2D eigenvalue weighted by Gasteiger charge is -2.05. The van der Waals surface area contributed by atoms with Gasteiger partial charge in [-0.05, 0) is 38.4 Å². The molecule has 0 aliphatic rings. The fraction of sp³-hybridized carbons (Fsp3) is 0.571. The molecule has 0 heterocycles. The molecule has 0 radical (unpaired) electrons. The van der Waals surface area contributed by atoms with Crippen LogP contribution in [0.2, 0.25) is 0 Å². The van der Waals surface area contributed by atoms with E-state index in [0.717, 1.165) is 44.2 Å². The lowest BCUT2D eigenvalue weighted by molar-refractivity contribution is 0.585. The molecule has 102 valence electrons. The second-order valence-corrected chi connectivity index (χ2v) is 6.80. The fourth-order valence-electron chi connectivity index (χ4n) is 1.83. The zero-order valence-electron chi connectivity index (χ0n) is 11.1. The SMILES string of the molecule is Cc1ccc(S(=O)(=O)CCCCCCCN)cc1. The highest BCUT2D eigenvalue weighted by Gasteiger charge is 2.13. The van der Waals surface area contributed by atoms with Crippen LogP contribution in [0.3, 0.4) is 0 Å². The standard InChI is InChI=1S/C14H23NO2S/c1-13-7-9-14(10-8-13)18(16,17)12-6-4-2-3-5-11-15/h7-10H,2-6,11-12,15H2,1H3. The smallest absolute Gasteiger partial charge is 0.178 e. The van der Waals surface area contributed by atoms with Crippen molar-refractivity contribution in [2.24, 2.45) is 5.73 Å². The van der Waals surface area contributed by atoms with Crippen LogP contribution in [0, 0.1) is 6.92 Å². The van der Waals surface area contributed by atoms with Gasteiger partial charge in [0.2, 0.25) is 0 Å². The van der Waals surface area contributed by atoms with Crippen LogP contribution >= 0.6 is 0 Å². The Morgan fingerprint density at radius 1 is 0.944 bits per heavy atom. The van der Waals surface area contributed by atoms with E-state index >= 15 is 0 Å². The van der Waals surface area contributed by atoms with E-state index in [9.17, 15) is 8.42 Å². The van der Waals surface area contributed by atoms with E-state index in [4.69, 9.17) is 5.73 Å². The molecule has 1 rings (SSSR count). The predicted octanol–water partition coefficient (Wildman–Crippen LogP) is 2.68. The van der Waals surface area contributed by atoms with Gasteiger partial charge in [-0.25, -0.2) is 8.42 Å². The third kappa shape index (κ3) is 5.19. The molecular weight excluding hydrogens is 246 g/mol. The van der Waals surface area contributed by atoms with Gasteiger partial charge in [0, 0.05) is 0 Å². The molecular formula is C14H23NO2S. The number of aryl methyl sites for hydroxylation is 1. The summed E-state index contributed by atoms with van der Waals surface area (Å²) in [5, 5.41) is 0. The first-order valence-electron chi connectivity index (χ1n) is 6.56. The zero-order chi connectivity index (χ0) is 13.4. The highest BCUT2D eigenvalue weighted by Crippen LogP contribution is 2.14. The molecule has 1 aromatic carbocycles. The molecule has 0 aromatic heterocycles. The van der Waals surface area contributed by atoms with Gasteiger partial charge >= 0.3 is 0 Å². The quantitative estimate of drug-likeness (QED) is 0.738. The van der Waals surface area contributed by atoms with Gasteiger partial charge in [-0.3, -0.25) is 0 Å². The molecule has 0 fully saturated rings. The van der Waals surface area contributed by atoms with Gasteiger partial charge in [0.1, 0.15) is 0 Å². The molecule has 0 atom stereocenters. The van der Waals surface area contributed by atoms with Crippen molar-refractivity contribution in [3.05, 3.63) is 29.8 Å². The first-order valence-corrected chi connectivity index (χ1v) is 8.21. The zero-order valence-corrected chi connectivity index (χ0v) is 11.9. The average Bonchev–Trinajstić information content (AvgIpc) is 2.34. The summed E-state index contributed by atoms with van der Waals surface area (Å²) in [7, 11) is -3.09. The van der Waals surface area contributed by atoms with Crippen molar-refractivity contribution in [1.29, 1.82) is 0 Å². The Hall–Kier alpha value is -0.870. The molecule has 1 aromatic rings. The Kier molecular flexibility index (Phi) is 6.36. The van der Waals surface area contributed by atoms with Crippen LogP contribution in [0.4, 0.5) is 0 Å². The van der Waals surface area contributed by atoms with Crippen LogP contribution in [0.1, 0.15) is 37.7 Å². The van der Waals surface area contributed by atoms with Crippen molar-refractivity contribution in [2.45, 2.75) is 43.9 Å². The van der Waals surface area contributed by atoms with Crippen molar-refractivity contribution in [3.8, 4) is 0 Å². The second kappa shape index (κ2) is 7.54. The number of hydrogen-bond acceptors (Lipinski definition) is 3. The number of rotatable bonds is 8. The number of nitrogens with two attached hydrogens (primary N) is 1. The summed E-state index contributed by atoms with van der Waals surface area (Å²) < 4.78 is 24.0. The van der Waals surface area contributed by atoms with E-state index in [1.165, 1.54) is 0 Å². The Bertz CT molecular complexity index is 437. The first kappa shape index (κ1) is 15.2. The highest BCUT2D eigenvalue weighted by atomic mass is 32.2. The molecule has 0 unspecified atom stereocenters. The van der Waals surface area contributed by atoms with E-state index in [-0.39, 0.29) is 5.75 Å². The van der Waals surface area contributed by atoms with Crippen LogP contribution in [0.5, 0.6) is 0 Å². The van der Waals surface area contributed by atoms with Gasteiger partial charge in [-0.1, -0.05) is 37.0 Å². The molecule has 0 bridgehead atoms. The van der Waals surface area contributed by atoms with Gasteiger partial charge in [0.15, 0.2) is 9.84 Å². The molecule has 2 N–H and O–H groups in total. The van der Waals surface area contributed by atoms with E-state index in [1.54, 1.807) is 12.1 Å². The molecule has 18 heavy (non-hydrogen) atoms. The van der Waals surface area contributed by atoms with Crippen LogP contribution in [-0.2, 0) is 9.84 Å². The summed E-state index contributed by atoms with van der Waals surface area (Å²) in [5.74, 6) is 0.249. The largest absolute Gasteiger partial charge is 0.330 e. The normalized spacial score (nSPS) is 11.7. The molecule has 0 saturated carbocycles. The molecule has 3 nitrogen and oxygen atoms in total. The Morgan fingerprint density at radius 3 is 2.11 bits per heavy atom. The summed E-state index contributed by atoms with van der Waals surface area (Å²) in [4.78, 5) is 0.440. The van der Waals surface area contributed by atoms with Crippen LogP contribution in [0.25, 0.3) is 0 Å². The van der Waals surface area contributed by atoms with Gasteiger partial charge in [0.05, 0.1) is 10.6 Å². The highest BCUT2D eigenvalue weighted by molar-refractivity contribution is 7.91. The summed E-state index contributed by atoms with van der Waals surface area (Å²) in [6.07, 6.45) is 4.90. The maximum Gasteiger partial charge on any atom is 0.178 e. The summed E-state index contributed by atoms with van der Waals surface area (Å²) >= 11 is 0. The van der Waals surface area contributed by atoms with Crippen molar-refractivity contribution in [2.75, 3.05) is 12.3 Å². The summed E-state index contributed by atoms with van der Waals surface area (Å²) in [6, 6.07) is 7.07. The Balaban J connectivity index is 2.38. The second-order valence-electron chi connectivity index (χ2n) is 4.69. The molecule has 0 saturated heterocycles. The van der Waals surface area contributed by atoms with E-state index < -0.39 is 9.84 Å². The molecule has 0 spiro atoms. The topological polar surface area (TPSA) is 60.2 Å². The van der Waals surface area contributed by atoms with Crippen molar-refractivity contribution in [1.82, 2.24) is 0 Å². The van der Waals surface area contributed by atoms with Crippen molar-refractivity contribution < 1.29 is 8.42 Å². The lowest BCUT2D eigenvalue weighted by Crippen LogP contribution is -2.07. The van der Waals surface area contributed by atoms with Crippen molar-refractivity contribution in [3.63, 3.8) is 0 Å². The maximum atomic E-state index is 12.0. The van der Waals surface area contributed by atoms with Crippen LogP contribution in [0.15, 0.2) is 29.2 Å². The summed E-state index contributed by atoms with van der Waals surface area (Å²) in [6.45, 7) is 2.68. The number of sulfone groups is 1. The average molecular weight is 269 g/mol. The molecule has 0 aliphatic heterocycles. The first-order chi connectivity index (χ1) is 8.56. The van der Waals surface area contributed by atoms with Crippen LogP contribution < -0.4 is 5.73 Å². The monoisotopic (exact) mass is 269 g/mol. The molecule has 0 amide bonds. The molecule has 0 aliphatic carbocycles. The lowest BCUT2D eigenvalue weighted by atomic mass is 10.2. The minimum atomic E-state index is -3.09. The number of unbranched alkanes of at least 4 members (excludes halogenated alkanes) is 4. The summed E-state index contributed by atoms with van der Waals surface area (Å²) in [5.41, 5.74) is 6.48. The maximum absolute atomic E-state index is 12.0. The third-order valence-corrected chi connectivity index (χ3v) is 4.81. The van der Waals surface area contributed by atoms with Crippen LogP contribution in [-0.4, -0.2) is 20.7 Å². The minimum Gasteiger partial charge on any atom is -0.330 e. The fourth-order valence-corrected chi connectivity index (χ4v) is 3.20. The van der Waals surface area contributed by atoms with Gasteiger partial charge in [-0.2, -0.15) is 0 Å². The van der Waals surface area contributed by atoms with Gasteiger partial charge in [-0.15, -0.1) is 0 Å². The Labute approximate surface area is 110 Å².